The zero-order valence-electron chi connectivity index (χ0n) is 13.8. The van der Waals surface area contributed by atoms with Crippen LogP contribution in [0.3, 0.4) is 0 Å². The van der Waals surface area contributed by atoms with Gasteiger partial charge in [-0.25, -0.2) is 4.79 Å². The minimum absolute atomic E-state index is 0.237. The lowest BCUT2D eigenvalue weighted by atomic mass is 10.1. The van der Waals surface area contributed by atoms with E-state index < -0.39 is 17.4 Å². The minimum Gasteiger partial charge on any atom is -0.463 e. The van der Waals surface area contributed by atoms with Crippen molar-refractivity contribution < 1.29 is 19.1 Å². The highest BCUT2D eigenvalue weighted by Gasteiger charge is 2.18. The lowest BCUT2D eigenvalue weighted by Crippen LogP contribution is -2.40. The maximum absolute atomic E-state index is 12.3. The van der Waals surface area contributed by atoms with Crippen molar-refractivity contribution >= 4 is 23.5 Å². The molecule has 0 saturated heterocycles. The molecule has 0 fully saturated rings. The number of amides is 2. The second-order valence-corrected chi connectivity index (χ2v) is 5.82. The lowest BCUT2D eigenvalue weighted by Gasteiger charge is -2.21. The summed E-state index contributed by atoms with van der Waals surface area (Å²) in [5.74, 6) is -1.40. The average Bonchev–Trinajstić information content (AvgIpc) is 2.44. The van der Waals surface area contributed by atoms with E-state index in [4.69, 9.17) is 0 Å². The lowest BCUT2D eigenvalue weighted by molar-refractivity contribution is -0.137. The first-order chi connectivity index (χ1) is 10.7. The molecule has 0 aliphatic heterocycles. The summed E-state index contributed by atoms with van der Waals surface area (Å²) in [6.45, 7) is 7.52. The van der Waals surface area contributed by atoms with Gasteiger partial charge in [-0.3, -0.25) is 9.59 Å². The fourth-order valence-corrected chi connectivity index (χ4v) is 1.71. The first-order valence-electron chi connectivity index (χ1n) is 7.30. The molecule has 0 heterocycles. The maximum Gasteiger partial charge on any atom is 0.330 e. The molecule has 0 atom stereocenters. The van der Waals surface area contributed by atoms with Crippen molar-refractivity contribution in [1.82, 2.24) is 5.32 Å². The number of nitrogens with one attached hydrogen (secondary N) is 2. The molecule has 6 nitrogen and oxygen atoms in total. The molecule has 1 rings (SSSR count). The number of ether oxygens (including phenoxy) is 1. The van der Waals surface area contributed by atoms with Crippen LogP contribution in [0, 0.1) is 0 Å². The molecule has 0 unspecified atom stereocenters. The summed E-state index contributed by atoms with van der Waals surface area (Å²) in [6, 6.07) is 6.65. The highest BCUT2D eigenvalue weighted by molar-refractivity contribution is 6.07. The molecule has 23 heavy (non-hydrogen) atoms. The third-order valence-electron chi connectivity index (χ3n) is 2.58. The fourth-order valence-electron chi connectivity index (χ4n) is 1.71. The molecule has 0 aliphatic rings. The Balaban J connectivity index is 2.83. The molecule has 0 saturated carbocycles. The first-order valence-corrected chi connectivity index (χ1v) is 7.30. The Morgan fingerprint density at radius 3 is 2.39 bits per heavy atom. The van der Waals surface area contributed by atoms with Gasteiger partial charge in [-0.05, 0) is 39.8 Å². The molecule has 1 aromatic rings. The maximum atomic E-state index is 12.3. The van der Waals surface area contributed by atoms with Crippen LogP contribution in [0.2, 0.25) is 0 Å². The molecule has 1 aromatic carbocycles. The van der Waals surface area contributed by atoms with E-state index in [0.717, 1.165) is 12.2 Å². The number of carbonyl (C=O) groups is 3. The predicted octanol–water partition coefficient (Wildman–Crippen LogP) is 2.27. The van der Waals surface area contributed by atoms with Crippen LogP contribution >= 0.6 is 0 Å². The van der Waals surface area contributed by atoms with Crippen LogP contribution in [0.4, 0.5) is 5.69 Å². The Labute approximate surface area is 135 Å². The van der Waals surface area contributed by atoms with Gasteiger partial charge in [0, 0.05) is 17.7 Å². The zero-order chi connectivity index (χ0) is 17.5. The number of hydrogen-bond acceptors (Lipinski definition) is 4. The number of esters is 1. The van der Waals surface area contributed by atoms with Crippen molar-refractivity contribution in [2.45, 2.75) is 33.2 Å². The summed E-state index contributed by atoms with van der Waals surface area (Å²) in [5, 5.41) is 5.41. The van der Waals surface area contributed by atoms with Crippen molar-refractivity contribution in [2.75, 3.05) is 11.9 Å². The zero-order valence-corrected chi connectivity index (χ0v) is 13.8. The normalized spacial score (nSPS) is 11.1. The van der Waals surface area contributed by atoms with Gasteiger partial charge in [0.05, 0.1) is 17.9 Å². The molecule has 6 heteroatoms. The highest BCUT2D eigenvalue weighted by Crippen LogP contribution is 2.16. The van der Waals surface area contributed by atoms with Crippen molar-refractivity contribution in [3.8, 4) is 0 Å². The topological polar surface area (TPSA) is 84.5 Å². The molecule has 2 amide bonds. The van der Waals surface area contributed by atoms with Gasteiger partial charge in [0.2, 0.25) is 5.91 Å². The molecular weight excluding hydrogens is 296 g/mol. The highest BCUT2D eigenvalue weighted by atomic mass is 16.5. The second kappa shape index (κ2) is 8.12. The van der Waals surface area contributed by atoms with Crippen LogP contribution in [0.25, 0.3) is 0 Å². The number of benzene rings is 1. The molecule has 0 spiro atoms. The largest absolute Gasteiger partial charge is 0.463 e. The van der Waals surface area contributed by atoms with Gasteiger partial charge in [-0.15, -0.1) is 0 Å². The molecule has 0 radical (unpaired) electrons. The summed E-state index contributed by atoms with van der Waals surface area (Å²) < 4.78 is 4.69. The van der Waals surface area contributed by atoms with Crippen LogP contribution in [-0.2, 0) is 14.3 Å². The average molecular weight is 318 g/mol. The van der Waals surface area contributed by atoms with Crippen molar-refractivity contribution in [3.05, 3.63) is 42.0 Å². The van der Waals surface area contributed by atoms with Crippen LogP contribution in [0.1, 0.15) is 38.1 Å². The Morgan fingerprint density at radius 1 is 1.13 bits per heavy atom. The Morgan fingerprint density at radius 2 is 1.78 bits per heavy atom. The number of rotatable bonds is 5. The van der Waals surface area contributed by atoms with E-state index >= 15 is 0 Å². The number of anilines is 1. The second-order valence-electron chi connectivity index (χ2n) is 5.82. The third-order valence-corrected chi connectivity index (χ3v) is 2.58. The van der Waals surface area contributed by atoms with E-state index in [-0.39, 0.29) is 12.5 Å². The van der Waals surface area contributed by atoms with Gasteiger partial charge in [-0.1, -0.05) is 12.1 Å². The van der Waals surface area contributed by atoms with E-state index in [1.807, 2.05) is 20.8 Å². The van der Waals surface area contributed by atoms with E-state index in [2.05, 4.69) is 15.4 Å². The first kappa shape index (κ1) is 18.4. The molecule has 124 valence electrons. The number of para-hydroxylation sites is 1. The molecule has 2 N–H and O–H groups in total. The Kier molecular flexibility index (Phi) is 6.50. The van der Waals surface area contributed by atoms with E-state index in [1.165, 1.54) is 0 Å². The van der Waals surface area contributed by atoms with E-state index in [9.17, 15) is 14.4 Å². The van der Waals surface area contributed by atoms with Gasteiger partial charge in [0.25, 0.3) is 5.91 Å². The van der Waals surface area contributed by atoms with Crippen molar-refractivity contribution in [1.29, 1.82) is 0 Å². The van der Waals surface area contributed by atoms with Gasteiger partial charge in [-0.2, -0.15) is 0 Å². The quantitative estimate of drug-likeness (QED) is 0.644. The minimum atomic E-state index is -0.596. The Bertz CT molecular complexity index is 615. The summed E-state index contributed by atoms with van der Waals surface area (Å²) in [4.78, 5) is 35.3. The van der Waals surface area contributed by atoms with E-state index in [1.54, 1.807) is 31.2 Å². The molecular formula is C17H22N2O4. The van der Waals surface area contributed by atoms with Gasteiger partial charge >= 0.3 is 5.97 Å². The molecule has 0 bridgehead atoms. The predicted molar refractivity (Wildman–Crippen MR) is 88.1 cm³/mol. The van der Waals surface area contributed by atoms with Gasteiger partial charge < -0.3 is 15.4 Å². The molecule has 0 aromatic heterocycles. The fraction of sp³-hybridized carbons (Fsp3) is 0.353. The summed E-state index contributed by atoms with van der Waals surface area (Å²) in [5.41, 5.74) is 0.325. The summed E-state index contributed by atoms with van der Waals surface area (Å²) in [6.07, 6.45) is 2.10. The smallest absolute Gasteiger partial charge is 0.330 e. The van der Waals surface area contributed by atoms with Gasteiger partial charge in [0.15, 0.2) is 0 Å². The van der Waals surface area contributed by atoms with Gasteiger partial charge in [0.1, 0.15) is 0 Å². The monoisotopic (exact) mass is 318 g/mol. The van der Waals surface area contributed by atoms with Crippen LogP contribution in [0.5, 0.6) is 0 Å². The van der Waals surface area contributed by atoms with E-state index in [0.29, 0.717) is 11.3 Å². The van der Waals surface area contributed by atoms with Crippen LogP contribution in [0.15, 0.2) is 36.4 Å². The summed E-state index contributed by atoms with van der Waals surface area (Å²) in [7, 11) is 0. The van der Waals surface area contributed by atoms with Crippen molar-refractivity contribution in [3.63, 3.8) is 0 Å². The SMILES string of the molecule is CCOC(=O)C=CC(=O)Nc1ccccc1C(=O)NC(C)(C)C. The summed E-state index contributed by atoms with van der Waals surface area (Å²) >= 11 is 0. The van der Waals surface area contributed by atoms with Crippen LogP contribution in [-0.4, -0.2) is 29.9 Å². The third kappa shape index (κ3) is 6.78. The Hall–Kier alpha value is -2.63. The van der Waals surface area contributed by atoms with Crippen LogP contribution < -0.4 is 10.6 Å². The molecule has 0 aliphatic carbocycles. The van der Waals surface area contributed by atoms with Crippen molar-refractivity contribution in [2.24, 2.45) is 0 Å². The number of hydrogen-bond donors (Lipinski definition) is 2. The standard InChI is InChI=1S/C17H22N2O4/c1-5-23-15(21)11-10-14(20)18-13-9-7-6-8-12(13)16(22)19-17(2,3)4/h6-11H,5H2,1-4H3,(H,18,20)(H,19,22). The number of carbonyl (C=O) groups excluding carboxylic acids is 3.